The number of aromatic nitrogens is 2. The highest BCUT2D eigenvalue weighted by molar-refractivity contribution is 14.1. The third-order valence-corrected chi connectivity index (χ3v) is 3.88. The van der Waals surface area contributed by atoms with Crippen molar-refractivity contribution in [2.45, 2.75) is 20.3 Å². The number of nitrogens with zero attached hydrogens (tertiary/aromatic N) is 2. The highest BCUT2D eigenvalue weighted by atomic mass is 127. The van der Waals surface area contributed by atoms with Gasteiger partial charge < -0.3 is 5.32 Å². The van der Waals surface area contributed by atoms with E-state index in [-0.39, 0.29) is 5.91 Å². The first-order valence-electron chi connectivity index (χ1n) is 6.11. The second kappa shape index (κ2) is 6.49. The van der Waals surface area contributed by atoms with E-state index in [0.29, 0.717) is 22.7 Å². The highest BCUT2D eigenvalue weighted by Gasteiger charge is 2.14. The Hall–Kier alpha value is -1.21. The maximum absolute atomic E-state index is 12.4. The van der Waals surface area contributed by atoms with Gasteiger partial charge in [-0.05, 0) is 60.2 Å². The van der Waals surface area contributed by atoms with Crippen LogP contribution in [0, 0.1) is 10.5 Å². The molecule has 2 aromatic rings. The van der Waals surface area contributed by atoms with E-state index in [1.54, 1.807) is 24.3 Å². The third-order valence-electron chi connectivity index (χ3n) is 2.75. The van der Waals surface area contributed by atoms with Gasteiger partial charge in [-0.2, -0.15) is 10.2 Å². The fourth-order valence-corrected chi connectivity index (χ4v) is 2.76. The summed E-state index contributed by atoms with van der Waals surface area (Å²) in [6, 6.07) is 7.09. The van der Waals surface area contributed by atoms with E-state index in [4.69, 9.17) is 11.6 Å². The molecule has 0 saturated heterocycles. The second-order valence-corrected chi connectivity index (χ2v) is 5.88. The van der Waals surface area contributed by atoms with Gasteiger partial charge in [-0.25, -0.2) is 0 Å². The number of carbonyl (C=O) groups excluding carboxylic acids is 1. The van der Waals surface area contributed by atoms with Gasteiger partial charge in [0.1, 0.15) is 0 Å². The fraction of sp³-hybridized carbons (Fsp3) is 0.214. The number of carbonyl (C=O) groups is 1. The Morgan fingerprint density at radius 3 is 2.75 bits per heavy atom. The van der Waals surface area contributed by atoms with Gasteiger partial charge in [0, 0.05) is 8.59 Å². The van der Waals surface area contributed by atoms with Gasteiger partial charge in [0.2, 0.25) is 0 Å². The molecule has 0 saturated carbocycles. The lowest BCUT2D eigenvalue weighted by molar-refractivity contribution is 0.102. The molecule has 20 heavy (non-hydrogen) atoms. The van der Waals surface area contributed by atoms with Crippen LogP contribution in [0.4, 0.5) is 5.69 Å². The monoisotopic (exact) mass is 401 g/mol. The van der Waals surface area contributed by atoms with Crippen LogP contribution >= 0.6 is 34.2 Å². The number of hydrogen-bond acceptors (Lipinski definition) is 3. The summed E-state index contributed by atoms with van der Waals surface area (Å²) in [4.78, 5) is 12.4. The van der Waals surface area contributed by atoms with Crippen LogP contribution in [0.1, 0.15) is 28.7 Å². The van der Waals surface area contributed by atoms with Crippen LogP contribution in [0.5, 0.6) is 0 Å². The first-order valence-corrected chi connectivity index (χ1v) is 7.56. The molecule has 104 valence electrons. The van der Waals surface area contributed by atoms with Crippen molar-refractivity contribution in [1.29, 1.82) is 0 Å². The van der Waals surface area contributed by atoms with E-state index in [2.05, 4.69) is 38.1 Å². The van der Waals surface area contributed by atoms with E-state index in [9.17, 15) is 4.79 Å². The van der Waals surface area contributed by atoms with Crippen molar-refractivity contribution in [1.82, 2.24) is 10.2 Å². The molecule has 0 atom stereocenters. The van der Waals surface area contributed by atoms with Crippen LogP contribution in [0.3, 0.4) is 0 Å². The average Bonchev–Trinajstić information content (AvgIpc) is 2.41. The molecular formula is C14H13ClIN3O. The summed E-state index contributed by atoms with van der Waals surface area (Å²) in [6.45, 7) is 3.76. The zero-order chi connectivity index (χ0) is 14.7. The minimum absolute atomic E-state index is 0.180. The molecule has 0 aliphatic rings. The predicted octanol–water partition coefficient (Wildman–Crippen LogP) is 3.86. The van der Waals surface area contributed by atoms with Crippen LogP contribution in [-0.2, 0) is 6.42 Å². The van der Waals surface area contributed by atoms with Crippen molar-refractivity contribution >= 4 is 45.8 Å². The number of amides is 1. The summed E-state index contributed by atoms with van der Waals surface area (Å²) in [5, 5.41) is 11.6. The van der Waals surface area contributed by atoms with Crippen LogP contribution in [-0.4, -0.2) is 16.1 Å². The highest BCUT2D eigenvalue weighted by Crippen LogP contribution is 2.23. The maximum Gasteiger partial charge on any atom is 0.257 e. The number of anilines is 1. The van der Waals surface area contributed by atoms with E-state index < -0.39 is 0 Å². The summed E-state index contributed by atoms with van der Waals surface area (Å²) in [7, 11) is 0. The summed E-state index contributed by atoms with van der Waals surface area (Å²) in [6.07, 6.45) is 0.660. The topological polar surface area (TPSA) is 54.9 Å². The van der Waals surface area contributed by atoms with Crippen LogP contribution < -0.4 is 5.32 Å². The number of nitrogens with one attached hydrogen (secondary N) is 1. The van der Waals surface area contributed by atoms with Crippen molar-refractivity contribution in [3.05, 3.63) is 49.8 Å². The lowest BCUT2D eigenvalue weighted by atomic mass is 10.1. The van der Waals surface area contributed by atoms with Gasteiger partial charge in [-0.3, -0.25) is 4.79 Å². The number of halogens is 2. The molecule has 0 fully saturated rings. The molecule has 0 radical (unpaired) electrons. The molecule has 1 N–H and O–H groups in total. The fourth-order valence-electron chi connectivity index (χ4n) is 1.75. The zero-order valence-corrected chi connectivity index (χ0v) is 14.0. The Balaban J connectivity index is 2.30. The first-order chi connectivity index (χ1) is 9.51. The summed E-state index contributed by atoms with van der Waals surface area (Å²) in [5.74, 6) is -0.180. The molecule has 0 bridgehead atoms. The quantitative estimate of drug-likeness (QED) is 0.795. The maximum atomic E-state index is 12.4. The lowest BCUT2D eigenvalue weighted by Gasteiger charge is -2.10. The standard InChI is InChI=1S/C14H13ClIN3O/c1-3-12-10(6-8(2)18-19-12)14(20)17-13-5-4-9(15)7-11(13)16/h4-7H,3H2,1-2H3,(H,17,20). The average molecular weight is 402 g/mol. The Kier molecular flexibility index (Phi) is 4.93. The van der Waals surface area contributed by atoms with E-state index in [1.165, 1.54) is 0 Å². The molecule has 2 rings (SSSR count). The number of aryl methyl sites for hydroxylation is 2. The van der Waals surface area contributed by atoms with Crippen LogP contribution in [0.25, 0.3) is 0 Å². The number of rotatable bonds is 3. The SMILES string of the molecule is CCc1nnc(C)cc1C(=O)Nc1ccc(Cl)cc1I. The molecule has 1 aromatic carbocycles. The summed E-state index contributed by atoms with van der Waals surface area (Å²) < 4.78 is 0.889. The first kappa shape index (κ1) is 15.2. The molecule has 1 heterocycles. The van der Waals surface area contributed by atoms with Crippen molar-refractivity contribution in [3.8, 4) is 0 Å². The van der Waals surface area contributed by atoms with Crippen molar-refractivity contribution < 1.29 is 4.79 Å². The van der Waals surface area contributed by atoms with Crippen molar-refractivity contribution in [3.63, 3.8) is 0 Å². The Morgan fingerprint density at radius 1 is 1.35 bits per heavy atom. The Bertz CT molecular complexity index is 661. The van der Waals surface area contributed by atoms with Crippen molar-refractivity contribution in [2.75, 3.05) is 5.32 Å². The molecule has 6 heteroatoms. The van der Waals surface area contributed by atoms with Gasteiger partial charge in [-0.15, -0.1) is 0 Å². The van der Waals surface area contributed by atoms with Crippen LogP contribution in [0.15, 0.2) is 24.3 Å². The molecule has 4 nitrogen and oxygen atoms in total. The molecule has 0 unspecified atom stereocenters. The smallest absolute Gasteiger partial charge is 0.257 e. The zero-order valence-electron chi connectivity index (χ0n) is 11.1. The van der Waals surface area contributed by atoms with Gasteiger partial charge in [0.05, 0.1) is 22.6 Å². The Labute approximate surface area is 136 Å². The van der Waals surface area contributed by atoms with E-state index in [1.807, 2.05) is 13.8 Å². The molecule has 0 aliphatic carbocycles. The number of benzene rings is 1. The largest absolute Gasteiger partial charge is 0.321 e. The molecule has 0 spiro atoms. The molecular weight excluding hydrogens is 389 g/mol. The minimum atomic E-state index is -0.180. The van der Waals surface area contributed by atoms with E-state index in [0.717, 1.165) is 15.0 Å². The normalized spacial score (nSPS) is 10.4. The van der Waals surface area contributed by atoms with Gasteiger partial charge in [0.25, 0.3) is 5.91 Å². The Morgan fingerprint density at radius 2 is 2.10 bits per heavy atom. The molecule has 1 aromatic heterocycles. The van der Waals surface area contributed by atoms with Crippen LogP contribution in [0.2, 0.25) is 5.02 Å². The van der Waals surface area contributed by atoms with Crippen molar-refractivity contribution in [2.24, 2.45) is 0 Å². The number of hydrogen-bond donors (Lipinski definition) is 1. The van der Waals surface area contributed by atoms with Gasteiger partial charge in [0.15, 0.2) is 0 Å². The van der Waals surface area contributed by atoms with Gasteiger partial charge >= 0.3 is 0 Å². The lowest BCUT2D eigenvalue weighted by Crippen LogP contribution is -2.16. The predicted molar refractivity (Wildman–Crippen MR) is 88.3 cm³/mol. The summed E-state index contributed by atoms with van der Waals surface area (Å²) >= 11 is 8.04. The third kappa shape index (κ3) is 3.46. The minimum Gasteiger partial charge on any atom is -0.321 e. The molecule has 1 amide bonds. The van der Waals surface area contributed by atoms with E-state index >= 15 is 0 Å². The molecule has 0 aliphatic heterocycles. The van der Waals surface area contributed by atoms with Gasteiger partial charge in [-0.1, -0.05) is 18.5 Å². The summed E-state index contributed by atoms with van der Waals surface area (Å²) in [5.41, 5.74) is 2.71. The second-order valence-electron chi connectivity index (χ2n) is 4.28.